The minimum absolute atomic E-state index is 0.202. The van der Waals surface area contributed by atoms with Gasteiger partial charge in [0.2, 0.25) is 0 Å². The van der Waals surface area contributed by atoms with Gasteiger partial charge >= 0.3 is 0 Å². The zero-order valence-electron chi connectivity index (χ0n) is 8.43. The molecule has 0 bridgehead atoms. The molecule has 0 aliphatic heterocycles. The van der Waals surface area contributed by atoms with Crippen molar-refractivity contribution in [2.24, 2.45) is 0 Å². The van der Waals surface area contributed by atoms with Gasteiger partial charge in [0, 0.05) is 29.0 Å². The minimum Gasteiger partial charge on any atom is -0.398 e. The normalized spacial score (nSPS) is 15.8. The Hall–Kier alpha value is -1.97. The number of allylic oxidation sites excluding steroid dienone is 4. The van der Waals surface area contributed by atoms with Crippen LogP contribution in [-0.2, 0) is 0 Å². The van der Waals surface area contributed by atoms with Gasteiger partial charge in [0.1, 0.15) is 11.6 Å². The largest absolute Gasteiger partial charge is 0.398 e. The van der Waals surface area contributed by atoms with E-state index >= 15 is 0 Å². The molecule has 2 rings (SSSR count). The van der Waals surface area contributed by atoms with Crippen LogP contribution in [0.15, 0.2) is 36.2 Å². The number of benzene rings is 1. The summed E-state index contributed by atoms with van der Waals surface area (Å²) < 4.78 is 26.1. The number of nitrogens with one attached hydrogen (secondary N) is 1. The third-order valence-corrected chi connectivity index (χ3v) is 2.41. The van der Waals surface area contributed by atoms with E-state index in [1.807, 2.05) is 0 Å². The smallest absolute Gasteiger partial charge is 0.123 e. The maximum atomic E-state index is 13.1. The third-order valence-electron chi connectivity index (χ3n) is 2.41. The summed E-state index contributed by atoms with van der Waals surface area (Å²) >= 11 is 0. The molecule has 2 nitrogen and oxygen atoms in total. The Morgan fingerprint density at radius 2 is 2.00 bits per heavy atom. The van der Waals surface area contributed by atoms with Crippen molar-refractivity contribution >= 4 is 17.0 Å². The quantitative estimate of drug-likeness (QED) is 0.702. The fourth-order valence-corrected chi connectivity index (χ4v) is 1.60. The van der Waals surface area contributed by atoms with Crippen molar-refractivity contribution in [3.8, 4) is 0 Å². The lowest BCUT2D eigenvalue weighted by Crippen LogP contribution is -2.06. The standard InChI is InChI=1S/C12H10F2N2/c13-7-1-3-11(15)9(5-7)10-6-8(14)2-4-12(10)16/h1-3,5-6,16H,4,15H2. The van der Waals surface area contributed by atoms with Crippen LogP contribution in [0.5, 0.6) is 0 Å². The Balaban J connectivity index is 2.55. The third kappa shape index (κ3) is 1.86. The van der Waals surface area contributed by atoms with Crippen LogP contribution in [0.1, 0.15) is 12.0 Å². The highest BCUT2D eigenvalue weighted by Crippen LogP contribution is 2.28. The first kappa shape index (κ1) is 10.5. The molecule has 0 unspecified atom stereocenters. The van der Waals surface area contributed by atoms with Gasteiger partial charge in [-0.05, 0) is 30.4 Å². The molecule has 0 heterocycles. The minimum atomic E-state index is -0.451. The number of rotatable bonds is 1. The number of anilines is 1. The fraction of sp³-hybridized carbons (Fsp3) is 0.0833. The van der Waals surface area contributed by atoms with Crippen molar-refractivity contribution in [2.45, 2.75) is 6.42 Å². The number of halogens is 2. The molecule has 4 heteroatoms. The molecule has 0 spiro atoms. The van der Waals surface area contributed by atoms with Crippen molar-refractivity contribution < 1.29 is 8.78 Å². The van der Waals surface area contributed by atoms with Crippen LogP contribution >= 0.6 is 0 Å². The molecule has 3 N–H and O–H groups in total. The zero-order chi connectivity index (χ0) is 11.7. The molecule has 0 fully saturated rings. The lowest BCUT2D eigenvalue weighted by atomic mass is 9.94. The van der Waals surface area contributed by atoms with Crippen LogP contribution in [0.25, 0.3) is 5.57 Å². The van der Waals surface area contributed by atoms with E-state index in [1.165, 1.54) is 30.4 Å². The topological polar surface area (TPSA) is 49.9 Å². The van der Waals surface area contributed by atoms with E-state index in [1.54, 1.807) is 0 Å². The van der Waals surface area contributed by atoms with E-state index in [-0.39, 0.29) is 12.1 Å². The first-order valence-corrected chi connectivity index (χ1v) is 4.78. The van der Waals surface area contributed by atoms with Crippen LogP contribution in [0.2, 0.25) is 0 Å². The Morgan fingerprint density at radius 1 is 1.25 bits per heavy atom. The van der Waals surface area contributed by atoms with Crippen molar-refractivity contribution in [1.82, 2.24) is 0 Å². The molecule has 0 aromatic heterocycles. The van der Waals surface area contributed by atoms with Gasteiger partial charge < -0.3 is 11.1 Å². The Bertz CT molecular complexity index is 516. The summed E-state index contributed by atoms with van der Waals surface area (Å²) in [5, 5.41) is 7.68. The first-order chi connectivity index (χ1) is 7.58. The summed E-state index contributed by atoms with van der Waals surface area (Å²) in [6.45, 7) is 0. The summed E-state index contributed by atoms with van der Waals surface area (Å²) in [7, 11) is 0. The maximum Gasteiger partial charge on any atom is 0.123 e. The molecule has 0 atom stereocenters. The Labute approximate surface area is 91.6 Å². The molecule has 1 aliphatic rings. The zero-order valence-corrected chi connectivity index (χ0v) is 8.43. The van der Waals surface area contributed by atoms with E-state index in [4.69, 9.17) is 11.1 Å². The van der Waals surface area contributed by atoms with Gasteiger partial charge in [-0.25, -0.2) is 8.78 Å². The molecule has 1 aliphatic carbocycles. The van der Waals surface area contributed by atoms with Gasteiger partial charge in [-0.2, -0.15) is 0 Å². The van der Waals surface area contributed by atoms with Crippen LogP contribution in [0, 0.1) is 11.2 Å². The predicted octanol–water partition coefficient (Wildman–Crippen LogP) is 3.07. The molecule has 0 saturated carbocycles. The number of nitrogen functional groups attached to an aromatic ring is 1. The van der Waals surface area contributed by atoms with E-state index in [0.29, 0.717) is 16.8 Å². The molecular weight excluding hydrogens is 210 g/mol. The number of nitrogens with two attached hydrogens (primary N) is 1. The molecule has 16 heavy (non-hydrogen) atoms. The highest BCUT2D eigenvalue weighted by Gasteiger charge is 2.15. The van der Waals surface area contributed by atoms with Crippen molar-refractivity contribution in [3.63, 3.8) is 0 Å². The number of hydrogen-bond acceptors (Lipinski definition) is 2. The average Bonchev–Trinajstić information content (AvgIpc) is 2.25. The van der Waals surface area contributed by atoms with Crippen molar-refractivity contribution in [2.75, 3.05) is 5.73 Å². The average molecular weight is 220 g/mol. The lowest BCUT2D eigenvalue weighted by molar-refractivity contribution is 0.627. The highest BCUT2D eigenvalue weighted by atomic mass is 19.1. The summed E-state index contributed by atoms with van der Waals surface area (Å²) in [6.07, 6.45) is 2.71. The lowest BCUT2D eigenvalue weighted by Gasteiger charge is -2.14. The van der Waals surface area contributed by atoms with E-state index in [2.05, 4.69) is 0 Å². The molecular formula is C12H10F2N2. The van der Waals surface area contributed by atoms with Gasteiger partial charge in [-0.1, -0.05) is 0 Å². The van der Waals surface area contributed by atoms with Crippen LogP contribution < -0.4 is 5.73 Å². The van der Waals surface area contributed by atoms with Gasteiger partial charge in [0.05, 0.1) is 0 Å². The fourth-order valence-electron chi connectivity index (χ4n) is 1.60. The second-order valence-corrected chi connectivity index (χ2v) is 3.56. The molecule has 1 aromatic rings. The van der Waals surface area contributed by atoms with E-state index in [0.717, 1.165) is 0 Å². The van der Waals surface area contributed by atoms with Crippen molar-refractivity contribution in [3.05, 3.63) is 47.6 Å². The van der Waals surface area contributed by atoms with Gasteiger partial charge in [-0.3, -0.25) is 0 Å². The van der Waals surface area contributed by atoms with Crippen molar-refractivity contribution in [1.29, 1.82) is 5.41 Å². The second-order valence-electron chi connectivity index (χ2n) is 3.56. The van der Waals surface area contributed by atoms with Gasteiger partial charge in [-0.15, -0.1) is 0 Å². The second kappa shape index (κ2) is 3.89. The number of hydrogen-bond donors (Lipinski definition) is 2. The highest BCUT2D eigenvalue weighted by molar-refractivity contribution is 6.25. The van der Waals surface area contributed by atoms with Crippen LogP contribution in [0.3, 0.4) is 0 Å². The summed E-state index contributed by atoms with van der Waals surface area (Å²) in [5.74, 6) is -0.873. The van der Waals surface area contributed by atoms with E-state index < -0.39 is 11.6 Å². The summed E-state index contributed by atoms with van der Waals surface area (Å²) in [4.78, 5) is 0. The Morgan fingerprint density at radius 3 is 2.75 bits per heavy atom. The van der Waals surface area contributed by atoms with Crippen LogP contribution in [0.4, 0.5) is 14.5 Å². The summed E-state index contributed by atoms with van der Waals surface area (Å²) in [6, 6.07) is 3.86. The molecule has 82 valence electrons. The predicted molar refractivity (Wildman–Crippen MR) is 60.3 cm³/mol. The first-order valence-electron chi connectivity index (χ1n) is 4.78. The molecule has 0 saturated heterocycles. The Kier molecular flexibility index (Phi) is 2.56. The van der Waals surface area contributed by atoms with E-state index in [9.17, 15) is 8.78 Å². The molecule has 0 radical (unpaired) electrons. The monoisotopic (exact) mass is 220 g/mol. The van der Waals surface area contributed by atoms with Gasteiger partial charge in [0.15, 0.2) is 0 Å². The molecule has 1 aromatic carbocycles. The SMILES string of the molecule is N=C1CC=C(F)C=C1c1cc(F)ccc1N. The maximum absolute atomic E-state index is 13.1. The van der Waals surface area contributed by atoms with Gasteiger partial charge in [0.25, 0.3) is 0 Å². The molecule has 0 amide bonds. The summed E-state index contributed by atoms with van der Waals surface area (Å²) in [5.41, 5.74) is 6.97. The van der Waals surface area contributed by atoms with Crippen LogP contribution in [-0.4, -0.2) is 5.71 Å².